The standard InChI is InChI=1S/C15H31N5O8S/c16-4-1-5(17)13(12(25)9(4)22)28-14-8(19)11(24)10(23)6(27-14)2-20-15(26)29-7(18)3-21/h4-14,21-25H,1-3,16-19H2,(H,20,26)/t4-,5+,6-,7?,8-,9+,10-,11-,12-,13-,14-/m1/s1. The molecule has 1 aliphatic heterocycles. The fourth-order valence-electron chi connectivity index (χ4n) is 3.27. The number of hydrogen-bond donors (Lipinski definition) is 10. The fourth-order valence-corrected chi connectivity index (χ4v) is 3.79. The Bertz CT molecular complexity index is 551. The lowest BCUT2D eigenvalue weighted by Crippen LogP contribution is -2.67. The van der Waals surface area contributed by atoms with Crippen LogP contribution in [0, 0.1) is 0 Å². The summed E-state index contributed by atoms with van der Waals surface area (Å²) in [5.74, 6) is 0. The molecule has 0 aromatic heterocycles. The van der Waals surface area contributed by atoms with E-state index in [0.717, 1.165) is 0 Å². The SMILES string of the molecule is NC(CO)SC(=O)NC[C@H]1O[C@H](O[C@H]2[C@H](O)[C@@H](O)[C@H](N)C[C@@H]2N)[C@H](N)[C@@H](O)[C@@H]1O. The van der Waals surface area contributed by atoms with Crippen LogP contribution in [0.1, 0.15) is 6.42 Å². The van der Waals surface area contributed by atoms with Crippen LogP contribution in [0.25, 0.3) is 0 Å². The average Bonchev–Trinajstić information content (AvgIpc) is 2.68. The summed E-state index contributed by atoms with van der Waals surface area (Å²) < 4.78 is 11.2. The van der Waals surface area contributed by atoms with Gasteiger partial charge in [-0.05, 0) is 18.2 Å². The maximum absolute atomic E-state index is 11.8. The highest BCUT2D eigenvalue weighted by Crippen LogP contribution is 2.27. The molecule has 2 aliphatic rings. The monoisotopic (exact) mass is 441 g/mol. The number of amides is 1. The van der Waals surface area contributed by atoms with Crippen LogP contribution in [0.4, 0.5) is 4.79 Å². The second-order valence-corrected chi connectivity index (χ2v) is 8.47. The number of carbonyl (C=O) groups is 1. The smallest absolute Gasteiger partial charge is 0.280 e. The second-order valence-electron chi connectivity index (χ2n) is 7.25. The van der Waals surface area contributed by atoms with Crippen molar-refractivity contribution in [1.82, 2.24) is 5.32 Å². The van der Waals surface area contributed by atoms with Gasteiger partial charge in [0.15, 0.2) is 6.29 Å². The lowest BCUT2D eigenvalue weighted by atomic mass is 9.84. The van der Waals surface area contributed by atoms with E-state index in [0.29, 0.717) is 11.8 Å². The largest absolute Gasteiger partial charge is 0.394 e. The van der Waals surface area contributed by atoms with Crippen LogP contribution in [0.3, 0.4) is 0 Å². The Kier molecular flexibility index (Phi) is 9.02. The van der Waals surface area contributed by atoms with Crippen molar-refractivity contribution in [2.75, 3.05) is 13.2 Å². The normalized spacial score (nSPS) is 44.3. The van der Waals surface area contributed by atoms with Crippen molar-refractivity contribution < 1.29 is 39.8 Å². The van der Waals surface area contributed by atoms with Gasteiger partial charge in [-0.3, -0.25) is 4.79 Å². The van der Waals surface area contributed by atoms with E-state index in [4.69, 9.17) is 37.5 Å². The molecule has 0 spiro atoms. The summed E-state index contributed by atoms with van der Waals surface area (Å²) >= 11 is 0.654. The molecule has 1 amide bonds. The molecular formula is C15H31N5O8S. The number of aliphatic hydroxyl groups is 5. The summed E-state index contributed by atoms with van der Waals surface area (Å²) in [5.41, 5.74) is 23.0. The van der Waals surface area contributed by atoms with Gasteiger partial charge in [0.2, 0.25) is 0 Å². The van der Waals surface area contributed by atoms with Gasteiger partial charge in [-0.25, -0.2) is 0 Å². The van der Waals surface area contributed by atoms with Crippen LogP contribution in [0.15, 0.2) is 0 Å². The molecular weight excluding hydrogens is 410 g/mol. The van der Waals surface area contributed by atoms with Crippen molar-refractivity contribution in [3.05, 3.63) is 0 Å². The molecule has 1 saturated heterocycles. The molecule has 0 aromatic rings. The Labute approximate surface area is 171 Å². The summed E-state index contributed by atoms with van der Waals surface area (Å²) in [5, 5.41) is 50.5. The third-order valence-corrected chi connectivity index (χ3v) is 5.83. The number of thioether (sulfide) groups is 1. The van der Waals surface area contributed by atoms with Gasteiger partial charge in [0.1, 0.15) is 30.5 Å². The second kappa shape index (κ2) is 10.6. The highest BCUT2D eigenvalue weighted by molar-refractivity contribution is 8.14. The Morgan fingerprint density at radius 3 is 2.38 bits per heavy atom. The topological polar surface area (TPSA) is 253 Å². The molecule has 14 heteroatoms. The van der Waals surface area contributed by atoms with E-state index >= 15 is 0 Å². The molecule has 0 aromatic carbocycles. The summed E-state index contributed by atoms with van der Waals surface area (Å²) in [6.07, 6.45) is -8.81. The van der Waals surface area contributed by atoms with Crippen molar-refractivity contribution in [2.45, 2.75) is 72.8 Å². The summed E-state index contributed by atoms with van der Waals surface area (Å²) in [6.45, 7) is -0.606. The maximum atomic E-state index is 11.8. The molecule has 2 fully saturated rings. The lowest BCUT2D eigenvalue weighted by Gasteiger charge is -2.45. The van der Waals surface area contributed by atoms with Gasteiger partial charge in [0, 0.05) is 18.6 Å². The molecule has 2 rings (SSSR count). The molecule has 11 atom stereocenters. The minimum atomic E-state index is -1.45. The van der Waals surface area contributed by atoms with Crippen molar-refractivity contribution in [3.8, 4) is 0 Å². The Balaban J connectivity index is 2.00. The van der Waals surface area contributed by atoms with Crippen molar-refractivity contribution in [3.63, 3.8) is 0 Å². The maximum Gasteiger partial charge on any atom is 0.280 e. The molecule has 1 saturated carbocycles. The van der Waals surface area contributed by atoms with Crippen LogP contribution in [0.2, 0.25) is 0 Å². The van der Waals surface area contributed by atoms with Crippen LogP contribution in [-0.2, 0) is 9.47 Å². The van der Waals surface area contributed by atoms with Gasteiger partial charge >= 0.3 is 0 Å². The summed E-state index contributed by atoms with van der Waals surface area (Å²) in [6, 6.07) is -2.63. The Morgan fingerprint density at radius 2 is 1.76 bits per heavy atom. The lowest BCUT2D eigenvalue weighted by molar-refractivity contribution is -0.288. The third-order valence-electron chi connectivity index (χ3n) is 5.02. The molecule has 1 unspecified atom stereocenters. The van der Waals surface area contributed by atoms with Gasteiger partial charge in [-0.2, -0.15) is 0 Å². The van der Waals surface area contributed by atoms with Crippen molar-refractivity contribution >= 4 is 17.0 Å². The van der Waals surface area contributed by atoms with E-state index in [1.54, 1.807) is 0 Å². The number of ether oxygens (including phenoxy) is 2. The average molecular weight is 442 g/mol. The van der Waals surface area contributed by atoms with Gasteiger partial charge < -0.3 is 63.3 Å². The molecule has 0 bridgehead atoms. The van der Waals surface area contributed by atoms with Crippen LogP contribution in [0.5, 0.6) is 0 Å². The minimum Gasteiger partial charge on any atom is -0.394 e. The molecule has 1 heterocycles. The number of nitrogens with one attached hydrogen (secondary N) is 1. The van der Waals surface area contributed by atoms with E-state index in [1.807, 2.05) is 0 Å². The highest BCUT2D eigenvalue weighted by atomic mass is 32.2. The number of hydrogen-bond acceptors (Lipinski definition) is 13. The first kappa shape index (κ1) is 24.6. The molecule has 1 aliphatic carbocycles. The third kappa shape index (κ3) is 5.96. The van der Waals surface area contributed by atoms with E-state index < -0.39 is 78.3 Å². The van der Waals surface area contributed by atoms with Crippen LogP contribution >= 0.6 is 11.8 Å². The first-order valence-corrected chi connectivity index (χ1v) is 10.1. The van der Waals surface area contributed by atoms with Crippen molar-refractivity contribution in [2.24, 2.45) is 22.9 Å². The molecule has 170 valence electrons. The quantitative estimate of drug-likeness (QED) is 0.173. The molecule has 14 N–H and O–H groups in total. The molecule has 29 heavy (non-hydrogen) atoms. The van der Waals surface area contributed by atoms with Gasteiger partial charge in [0.05, 0.1) is 24.1 Å². The minimum absolute atomic E-state index is 0.178. The Hall–Kier alpha value is -0.620. The van der Waals surface area contributed by atoms with Gasteiger partial charge in [-0.1, -0.05) is 0 Å². The number of rotatable bonds is 6. The summed E-state index contributed by atoms with van der Waals surface area (Å²) in [4.78, 5) is 11.8. The predicted molar refractivity (Wildman–Crippen MR) is 102 cm³/mol. The van der Waals surface area contributed by atoms with E-state index in [-0.39, 0.29) is 13.0 Å². The van der Waals surface area contributed by atoms with E-state index in [1.165, 1.54) is 0 Å². The molecule has 13 nitrogen and oxygen atoms in total. The van der Waals surface area contributed by atoms with Gasteiger partial charge in [0.25, 0.3) is 5.24 Å². The number of nitrogens with two attached hydrogens (primary N) is 4. The fraction of sp³-hybridized carbons (Fsp3) is 0.933. The van der Waals surface area contributed by atoms with E-state index in [9.17, 15) is 25.2 Å². The zero-order valence-corrected chi connectivity index (χ0v) is 16.5. The van der Waals surface area contributed by atoms with Crippen LogP contribution < -0.4 is 28.3 Å². The zero-order chi connectivity index (χ0) is 21.9. The zero-order valence-electron chi connectivity index (χ0n) is 15.7. The van der Waals surface area contributed by atoms with Gasteiger partial charge in [-0.15, -0.1) is 0 Å². The molecule has 0 radical (unpaired) electrons. The highest BCUT2D eigenvalue weighted by Gasteiger charge is 2.48. The first-order valence-electron chi connectivity index (χ1n) is 9.17. The van der Waals surface area contributed by atoms with Crippen LogP contribution in [-0.4, -0.2) is 110 Å². The number of carbonyl (C=O) groups excluding carboxylic acids is 1. The predicted octanol–water partition coefficient (Wildman–Crippen LogP) is -5.35. The summed E-state index contributed by atoms with van der Waals surface area (Å²) in [7, 11) is 0. The van der Waals surface area contributed by atoms with Crippen molar-refractivity contribution in [1.29, 1.82) is 0 Å². The Morgan fingerprint density at radius 1 is 1.10 bits per heavy atom. The van der Waals surface area contributed by atoms with E-state index in [2.05, 4.69) is 5.32 Å². The first-order chi connectivity index (χ1) is 13.6. The number of aliphatic hydroxyl groups excluding tert-OH is 5.